The maximum atomic E-state index is 5.73. The Labute approximate surface area is 186 Å². The molecule has 0 radical (unpaired) electrons. The molecular formula is C20H36IN5O2. The molecule has 7 nitrogen and oxygen atoms in total. The van der Waals surface area contributed by atoms with Crippen LogP contribution in [0.5, 0.6) is 0 Å². The number of hydrogen-bond acceptors (Lipinski definition) is 5. The van der Waals surface area contributed by atoms with Gasteiger partial charge in [0.25, 0.3) is 0 Å². The van der Waals surface area contributed by atoms with Crippen molar-refractivity contribution in [3.63, 3.8) is 0 Å². The van der Waals surface area contributed by atoms with Crippen LogP contribution in [0.15, 0.2) is 27.8 Å². The lowest BCUT2D eigenvalue weighted by Gasteiger charge is -2.32. The van der Waals surface area contributed by atoms with E-state index in [1.165, 1.54) is 19.3 Å². The largest absolute Gasteiger partial charge is 0.468 e. The molecule has 28 heavy (non-hydrogen) atoms. The fourth-order valence-electron chi connectivity index (χ4n) is 3.77. The van der Waals surface area contributed by atoms with Crippen molar-refractivity contribution in [3.05, 3.63) is 24.2 Å². The molecule has 1 atom stereocenters. The molecule has 8 heteroatoms. The van der Waals surface area contributed by atoms with E-state index in [1.807, 2.05) is 6.07 Å². The smallest absolute Gasteiger partial charge is 0.191 e. The summed E-state index contributed by atoms with van der Waals surface area (Å²) in [7, 11) is 0. The summed E-state index contributed by atoms with van der Waals surface area (Å²) >= 11 is 0. The number of aliphatic imine (C=N–C) groups is 1. The number of ether oxygens (including phenoxy) is 1. The number of halogens is 1. The van der Waals surface area contributed by atoms with E-state index in [0.717, 1.165) is 70.7 Å². The van der Waals surface area contributed by atoms with Crippen LogP contribution < -0.4 is 10.6 Å². The molecule has 0 spiro atoms. The zero-order valence-corrected chi connectivity index (χ0v) is 19.4. The van der Waals surface area contributed by atoms with E-state index in [1.54, 1.807) is 6.26 Å². The monoisotopic (exact) mass is 505 g/mol. The number of nitrogens with one attached hydrogen (secondary N) is 2. The Kier molecular flexibility index (Phi) is 11.2. The molecule has 0 bridgehead atoms. The lowest BCUT2D eigenvalue weighted by molar-refractivity contribution is 0.0389. The highest BCUT2D eigenvalue weighted by Crippen LogP contribution is 2.25. The predicted octanol–water partition coefficient (Wildman–Crippen LogP) is 2.31. The van der Waals surface area contributed by atoms with Gasteiger partial charge in [0.15, 0.2) is 5.96 Å². The maximum Gasteiger partial charge on any atom is 0.191 e. The Morgan fingerprint density at radius 2 is 1.93 bits per heavy atom. The van der Waals surface area contributed by atoms with Crippen molar-refractivity contribution < 1.29 is 9.15 Å². The Morgan fingerprint density at radius 3 is 2.61 bits per heavy atom. The molecule has 1 unspecified atom stereocenters. The molecular weight excluding hydrogens is 469 g/mol. The summed E-state index contributed by atoms with van der Waals surface area (Å²) in [4.78, 5) is 9.82. The van der Waals surface area contributed by atoms with E-state index in [-0.39, 0.29) is 30.0 Å². The standard InChI is InChI=1S/C20H35N5O2.HI/c1-2-21-20(22-8-11-24-12-15-26-16-13-24)23-17-18(19-7-6-14-27-19)25-9-4-3-5-10-25;/h6-7,14,18H,2-5,8-13,15-17H2,1H3,(H2,21,22,23);1H. The number of likely N-dealkylation sites (tertiary alicyclic amines) is 1. The Morgan fingerprint density at radius 1 is 1.14 bits per heavy atom. The average Bonchev–Trinajstić information content (AvgIpc) is 3.24. The first-order chi connectivity index (χ1) is 13.4. The van der Waals surface area contributed by atoms with Gasteiger partial charge in [0.1, 0.15) is 5.76 Å². The highest BCUT2D eigenvalue weighted by atomic mass is 127. The zero-order valence-electron chi connectivity index (χ0n) is 17.1. The molecule has 2 fully saturated rings. The topological polar surface area (TPSA) is 65.3 Å². The maximum absolute atomic E-state index is 5.73. The van der Waals surface area contributed by atoms with Crippen LogP contribution in [0.1, 0.15) is 38.0 Å². The molecule has 3 heterocycles. The van der Waals surface area contributed by atoms with Gasteiger partial charge in [0.05, 0.1) is 32.1 Å². The summed E-state index contributed by atoms with van der Waals surface area (Å²) < 4.78 is 11.1. The van der Waals surface area contributed by atoms with E-state index in [9.17, 15) is 0 Å². The summed E-state index contributed by atoms with van der Waals surface area (Å²) in [5.74, 6) is 1.91. The molecule has 3 rings (SSSR count). The van der Waals surface area contributed by atoms with E-state index in [0.29, 0.717) is 6.54 Å². The second-order valence-electron chi connectivity index (χ2n) is 7.23. The van der Waals surface area contributed by atoms with Gasteiger partial charge < -0.3 is 19.8 Å². The van der Waals surface area contributed by atoms with Crippen molar-refractivity contribution in [1.29, 1.82) is 0 Å². The van der Waals surface area contributed by atoms with Crippen molar-refractivity contribution in [1.82, 2.24) is 20.4 Å². The number of hydrogen-bond donors (Lipinski definition) is 2. The highest BCUT2D eigenvalue weighted by Gasteiger charge is 2.24. The van der Waals surface area contributed by atoms with Crippen molar-refractivity contribution in [2.75, 3.05) is 65.6 Å². The first kappa shape index (κ1) is 23.4. The van der Waals surface area contributed by atoms with Gasteiger partial charge in [-0.05, 0) is 45.0 Å². The Hall–Kier alpha value is -0.840. The van der Waals surface area contributed by atoms with E-state index in [4.69, 9.17) is 14.1 Å². The third kappa shape index (κ3) is 7.53. The predicted molar refractivity (Wildman–Crippen MR) is 124 cm³/mol. The normalized spacial score (nSPS) is 20.4. The van der Waals surface area contributed by atoms with Crippen molar-refractivity contribution in [2.24, 2.45) is 4.99 Å². The number of rotatable bonds is 8. The van der Waals surface area contributed by atoms with Crippen LogP contribution in [0.3, 0.4) is 0 Å². The number of piperidine rings is 1. The molecule has 1 aromatic rings. The van der Waals surface area contributed by atoms with Gasteiger partial charge in [-0.25, -0.2) is 0 Å². The molecule has 2 aliphatic rings. The summed E-state index contributed by atoms with van der Waals surface area (Å²) in [5.41, 5.74) is 0. The first-order valence-electron chi connectivity index (χ1n) is 10.5. The van der Waals surface area contributed by atoms with E-state index >= 15 is 0 Å². The van der Waals surface area contributed by atoms with Gasteiger partial charge in [0.2, 0.25) is 0 Å². The minimum absolute atomic E-state index is 0. The van der Waals surface area contributed by atoms with Crippen molar-refractivity contribution in [2.45, 2.75) is 32.2 Å². The van der Waals surface area contributed by atoms with Crippen LogP contribution in [0.4, 0.5) is 0 Å². The van der Waals surface area contributed by atoms with Crippen molar-refractivity contribution in [3.8, 4) is 0 Å². The number of nitrogens with zero attached hydrogens (tertiary/aromatic N) is 3. The summed E-state index contributed by atoms with van der Waals surface area (Å²) in [6.45, 7) is 11.6. The summed E-state index contributed by atoms with van der Waals surface area (Å²) in [5, 5.41) is 6.85. The quantitative estimate of drug-likeness (QED) is 0.321. The minimum atomic E-state index is 0. The van der Waals surface area contributed by atoms with Crippen LogP contribution in [0.2, 0.25) is 0 Å². The van der Waals surface area contributed by atoms with Crippen LogP contribution in [0, 0.1) is 0 Å². The molecule has 2 saturated heterocycles. The van der Waals surface area contributed by atoms with Gasteiger partial charge >= 0.3 is 0 Å². The fraction of sp³-hybridized carbons (Fsp3) is 0.750. The van der Waals surface area contributed by atoms with E-state index in [2.05, 4.69) is 33.4 Å². The molecule has 2 aliphatic heterocycles. The lowest BCUT2D eigenvalue weighted by atomic mass is 10.1. The van der Waals surface area contributed by atoms with Crippen LogP contribution in [-0.4, -0.2) is 81.3 Å². The molecule has 2 N–H and O–H groups in total. The summed E-state index contributed by atoms with van der Waals surface area (Å²) in [6, 6.07) is 4.27. The Bertz CT molecular complexity index is 543. The van der Waals surface area contributed by atoms with Gasteiger partial charge in [-0.15, -0.1) is 24.0 Å². The second kappa shape index (κ2) is 13.4. The number of guanidine groups is 1. The molecule has 0 aliphatic carbocycles. The fourth-order valence-corrected chi connectivity index (χ4v) is 3.77. The van der Waals surface area contributed by atoms with Crippen LogP contribution >= 0.6 is 24.0 Å². The minimum Gasteiger partial charge on any atom is -0.468 e. The molecule has 0 saturated carbocycles. The van der Waals surface area contributed by atoms with Gasteiger partial charge in [-0.1, -0.05) is 6.42 Å². The number of morpholine rings is 1. The van der Waals surface area contributed by atoms with Crippen LogP contribution in [-0.2, 0) is 4.74 Å². The molecule has 160 valence electrons. The van der Waals surface area contributed by atoms with Crippen LogP contribution in [0.25, 0.3) is 0 Å². The first-order valence-corrected chi connectivity index (χ1v) is 10.5. The third-order valence-electron chi connectivity index (χ3n) is 5.29. The van der Waals surface area contributed by atoms with Gasteiger partial charge in [-0.3, -0.25) is 14.8 Å². The molecule has 0 amide bonds. The third-order valence-corrected chi connectivity index (χ3v) is 5.29. The highest BCUT2D eigenvalue weighted by molar-refractivity contribution is 14.0. The number of furan rings is 1. The second-order valence-corrected chi connectivity index (χ2v) is 7.23. The van der Waals surface area contributed by atoms with Gasteiger partial charge in [-0.2, -0.15) is 0 Å². The van der Waals surface area contributed by atoms with Gasteiger partial charge in [0, 0.05) is 32.7 Å². The average molecular weight is 505 g/mol. The zero-order chi connectivity index (χ0) is 18.7. The SMILES string of the molecule is CCNC(=NCC(c1ccco1)N1CCCCC1)NCCN1CCOCC1.I. The lowest BCUT2D eigenvalue weighted by Crippen LogP contribution is -2.44. The molecule has 0 aromatic carbocycles. The summed E-state index contributed by atoms with van der Waals surface area (Å²) in [6.07, 6.45) is 5.62. The van der Waals surface area contributed by atoms with Crippen molar-refractivity contribution >= 4 is 29.9 Å². The Balaban J connectivity index is 0.00000280. The van der Waals surface area contributed by atoms with E-state index < -0.39 is 0 Å². The molecule has 1 aromatic heterocycles.